The van der Waals surface area contributed by atoms with Crippen LogP contribution >= 0.6 is 11.3 Å². The van der Waals surface area contributed by atoms with E-state index in [1.807, 2.05) is 6.07 Å². The Morgan fingerprint density at radius 1 is 0.967 bits per heavy atom. The van der Waals surface area contributed by atoms with Gasteiger partial charge in [-0.15, -0.1) is 11.3 Å². The summed E-state index contributed by atoms with van der Waals surface area (Å²) >= 11 is 1.73. The molecule has 1 aromatic carbocycles. The average Bonchev–Trinajstić information content (AvgIpc) is 3.22. The number of thiazole rings is 1. The molecule has 0 atom stereocenters. The Hall–Kier alpha value is -1.72. The first-order valence-electron chi connectivity index (χ1n) is 11.7. The average molecular weight is 422 g/mol. The fourth-order valence-corrected chi connectivity index (χ4v) is 7.96. The molecule has 1 aromatic heterocycles. The van der Waals surface area contributed by atoms with Gasteiger partial charge in [-0.2, -0.15) is 0 Å². The Morgan fingerprint density at radius 2 is 1.60 bits per heavy atom. The van der Waals surface area contributed by atoms with Gasteiger partial charge in [-0.05, 0) is 56.3 Å². The summed E-state index contributed by atoms with van der Waals surface area (Å²) in [5, 5.41) is 3.29. The predicted molar refractivity (Wildman–Crippen MR) is 120 cm³/mol. The van der Waals surface area contributed by atoms with E-state index >= 15 is 0 Å². The monoisotopic (exact) mass is 421 g/mol. The first-order valence-corrected chi connectivity index (χ1v) is 12.6. The van der Waals surface area contributed by atoms with Gasteiger partial charge in [-0.3, -0.25) is 9.69 Å². The second kappa shape index (κ2) is 7.45. The largest absolute Gasteiger partial charge is 0.340 e. The number of rotatable bonds is 4. The number of piperazine rings is 1. The summed E-state index contributed by atoms with van der Waals surface area (Å²) in [6, 6.07) is 10.4. The van der Waals surface area contributed by atoms with E-state index in [1.54, 1.807) is 11.3 Å². The predicted octanol–water partition coefficient (Wildman–Crippen LogP) is 4.67. The molecule has 2 aromatic rings. The molecule has 4 bridgehead atoms. The topological polar surface area (TPSA) is 36.4 Å². The van der Waals surface area contributed by atoms with Gasteiger partial charge in [0, 0.05) is 43.7 Å². The third-order valence-electron chi connectivity index (χ3n) is 8.11. The van der Waals surface area contributed by atoms with Crippen molar-refractivity contribution in [2.75, 3.05) is 26.2 Å². The van der Waals surface area contributed by atoms with Gasteiger partial charge in [0.05, 0.1) is 11.1 Å². The lowest BCUT2D eigenvalue weighted by Gasteiger charge is -2.57. The van der Waals surface area contributed by atoms with Crippen LogP contribution in [0.1, 0.15) is 44.2 Å². The van der Waals surface area contributed by atoms with Crippen molar-refractivity contribution < 1.29 is 4.79 Å². The van der Waals surface area contributed by atoms with Gasteiger partial charge in [-0.1, -0.05) is 30.3 Å². The van der Waals surface area contributed by atoms with Gasteiger partial charge >= 0.3 is 0 Å². The highest BCUT2D eigenvalue weighted by Gasteiger charge is 2.55. The van der Waals surface area contributed by atoms with Gasteiger partial charge in [0.25, 0.3) is 0 Å². The van der Waals surface area contributed by atoms with E-state index in [-0.39, 0.29) is 5.41 Å². The van der Waals surface area contributed by atoms with E-state index in [4.69, 9.17) is 4.98 Å². The highest BCUT2D eigenvalue weighted by atomic mass is 32.1. The molecular formula is C25H31N3OS. The van der Waals surface area contributed by atoms with Crippen molar-refractivity contribution >= 4 is 17.2 Å². The van der Waals surface area contributed by atoms with Gasteiger partial charge in [-0.25, -0.2) is 4.98 Å². The van der Waals surface area contributed by atoms with E-state index in [2.05, 4.69) is 39.4 Å². The maximum Gasteiger partial charge on any atom is 0.228 e. The molecule has 4 saturated carbocycles. The van der Waals surface area contributed by atoms with Crippen molar-refractivity contribution in [2.24, 2.45) is 23.2 Å². The molecule has 158 valence electrons. The molecule has 5 heteroatoms. The molecule has 0 radical (unpaired) electrons. The number of carbonyl (C=O) groups is 1. The second-order valence-electron chi connectivity index (χ2n) is 10.3. The highest BCUT2D eigenvalue weighted by molar-refractivity contribution is 7.13. The minimum Gasteiger partial charge on any atom is -0.340 e. The van der Waals surface area contributed by atoms with Gasteiger partial charge in [0.2, 0.25) is 5.91 Å². The van der Waals surface area contributed by atoms with E-state index in [0.29, 0.717) is 5.91 Å². The Kier molecular flexibility index (Phi) is 4.72. The summed E-state index contributed by atoms with van der Waals surface area (Å²) in [6.07, 6.45) is 7.74. The lowest BCUT2D eigenvalue weighted by molar-refractivity contribution is -0.159. The standard InChI is InChI=1S/C25H31N3OS/c29-24(25-13-18-10-19(14-25)12-20(11-18)15-25)28-8-6-27(7-9-28)16-22-17-30-23(26-22)21-4-2-1-3-5-21/h1-5,17-20H,6-16H2. The van der Waals surface area contributed by atoms with Crippen molar-refractivity contribution in [3.05, 3.63) is 41.4 Å². The number of carbonyl (C=O) groups excluding carboxylic acids is 1. The summed E-state index contributed by atoms with van der Waals surface area (Å²) in [7, 11) is 0. The molecule has 5 aliphatic rings. The zero-order valence-electron chi connectivity index (χ0n) is 17.6. The van der Waals surface area contributed by atoms with Crippen LogP contribution in [0.25, 0.3) is 10.6 Å². The van der Waals surface area contributed by atoms with Crippen LogP contribution in [-0.4, -0.2) is 46.9 Å². The molecule has 2 heterocycles. The molecule has 5 fully saturated rings. The third kappa shape index (κ3) is 3.40. The molecule has 1 saturated heterocycles. The van der Waals surface area contributed by atoms with Crippen LogP contribution in [0.15, 0.2) is 35.7 Å². The van der Waals surface area contributed by atoms with E-state index in [1.165, 1.54) is 44.1 Å². The van der Waals surface area contributed by atoms with E-state index < -0.39 is 0 Å². The minimum atomic E-state index is 0.0103. The van der Waals surface area contributed by atoms with Crippen molar-refractivity contribution in [3.8, 4) is 10.6 Å². The molecule has 1 amide bonds. The van der Waals surface area contributed by atoms with Crippen LogP contribution < -0.4 is 0 Å². The summed E-state index contributed by atoms with van der Waals surface area (Å²) in [6.45, 7) is 4.60. The molecule has 4 aliphatic carbocycles. The molecular weight excluding hydrogens is 390 g/mol. The van der Waals surface area contributed by atoms with Crippen molar-refractivity contribution in [3.63, 3.8) is 0 Å². The summed E-state index contributed by atoms with van der Waals surface area (Å²) in [5.74, 6) is 3.01. The smallest absolute Gasteiger partial charge is 0.228 e. The number of benzene rings is 1. The SMILES string of the molecule is O=C(N1CCN(Cc2csc(-c3ccccc3)n2)CC1)C12CC3CC(CC(C3)C1)C2. The van der Waals surface area contributed by atoms with Crippen LogP contribution in [0.4, 0.5) is 0 Å². The zero-order chi connectivity index (χ0) is 20.1. The highest BCUT2D eigenvalue weighted by Crippen LogP contribution is 2.60. The molecule has 4 nitrogen and oxygen atoms in total. The normalized spacial score (nSPS) is 33.2. The van der Waals surface area contributed by atoms with Crippen LogP contribution in [0, 0.1) is 23.2 Å². The van der Waals surface area contributed by atoms with Crippen LogP contribution in [0.3, 0.4) is 0 Å². The van der Waals surface area contributed by atoms with Crippen molar-refractivity contribution in [1.29, 1.82) is 0 Å². The summed E-state index contributed by atoms with van der Waals surface area (Å²) in [4.78, 5) is 23.1. The van der Waals surface area contributed by atoms with Gasteiger partial charge < -0.3 is 4.90 Å². The quantitative estimate of drug-likeness (QED) is 0.720. The number of hydrogen-bond donors (Lipinski definition) is 0. The first kappa shape index (κ1) is 19.0. The maximum absolute atomic E-state index is 13.6. The van der Waals surface area contributed by atoms with Gasteiger partial charge in [0.1, 0.15) is 5.01 Å². The van der Waals surface area contributed by atoms with Crippen LogP contribution in [0.2, 0.25) is 0 Å². The first-order chi connectivity index (χ1) is 14.7. The molecule has 0 unspecified atom stereocenters. The number of amides is 1. The van der Waals surface area contributed by atoms with Crippen molar-refractivity contribution in [1.82, 2.24) is 14.8 Å². The molecule has 1 aliphatic heterocycles. The molecule has 30 heavy (non-hydrogen) atoms. The Bertz CT molecular complexity index is 880. The Labute approximate surface area is 183 Å². The molecule has 7 rings (SSSR count). The maximum atomic E-state index is 13.6. The lowest BCUT2D eigenvalue weighted by Crippen LogP contribution is -2.58. The number of nitrogens with zero attached hydrogens (tertiary/aromatic N) is 3. The third-order valence-corrected chi connectivity index (χ3v) is 9.05. The molecule has 0 spiro atoms. The van der Waals surface area contributed by atoms with E-state index in [9.17, 15) is 4.79 Å². The number of hydrogen-bond acceptors (Lipinski definition) is 4. The Morgan fingerprint density at radius 3 is 2.23 bits per heavy atom. The fourth-order valence-electron chi connectivity index (χ4n) is 7.14. The molecule has 0 N–H and O–H groups in total. The lowest BCUT2D eigenvalue weighted by atomic mass is 9.49. The summed E-state index contributed by atoms with van der Waals surface area (Å²) in [5.41, 5.74) is 2.36. The van der Waals surface area contributed by atoms with Crippen LogP contribution in [-0.2, 0) is 11.3 Å². The number of aromatic nitrogens is 1. The minimum absolute atomic E-state index is 0.0103. The Balaban J connectivity index is 1.07. The van der Waals surface area contributed by atoms with Gasteiger partial charge in [0.15, 0.2) is 0 Å². The second-order valence-corrected chi connectivity index (χ2v) is 11.1. The summed E-state index contributed by atoms with van der Waals surface area (Å²) < 4.78 is 0. The van der Waals surface area contributed by atoms with Crippen LogP contribution in [0.5, 0.6) is 0 Å². The van der Waals surface area contributed by atoms with Crippen molar-refractivity contribution in [2.45, 2.75) is 45.1 Å². The zero-order valence-corrected chi connectivity index (χ0v) is 18.4. The fraction of sp³-hybridized carbons (Fsp3) is 0.600. The van der Waals surface area contributed by atoms with E-state index in [0.717, 1.165) is 61.2 Å².